The lowest BCUT2D eigenvalue weighted by Gasteiger charge is -2.03. The third kappa shape index (κ3) is 3.25. The van der Waals surface area contributed by atoms with E-state index in [0.29, 0.717) is 12.1 Å². The lowest BCUT2D eigenvalue weighted by atomic mass is 10.1. The molecule has 2 rings (SSSR count). The summed E-state index contributed by atoms with van der Waals surface area (Å²) in [7, 11) is 0. The summed E-state index contributed by atoms with van der Waals surface area (Å²) in [5.41, 5.74) is 1.31. The average molecular weight is 249 g/mol. The van der Waals surface area contributed by atoms with Crippen LogP contribution in [0.3, 0.4) is 0 Å². The number of carboxylic acids is 1. The minimum absolute atomic E-state index is 0.318. The molecule has 0 radical (unpaired) electrons. The van der Waals surface area contributed by atoms with Crippen molar-refractivity contribution in [3.63, 3.8) is 0 Å². The van der Waals surface area contributed by atoms with Gasteiger partial charge in [0.25, 0.3) is 0 Å². The molecule has 1 aromatic heterocycles. The topological polar surface area (TPSA) is 75.1 Å². The predicted molar refractivity (Wildman–Crippen MR) is 65.5 cm³/mol. The molecule has 17 heavy (non-hydrogen) atoms. The molecule has 0 spiro atoms. The van der Waals surface area contributed by atoms with Crippen LogP contribution >= 0.6 is 11.5 Å². The molecule has 0 amide bonds. The van der Waals surface area contributed by atoms with Crippen LogP contribution in [0.5, 0.6) is 0 Å². The number of nitrogens with zero attached hydrogens (tertiary/aromatic N) is 2. The third-order valence-electron chi connectivity index (χ3n) is 2.23. The van der Waals surface area contributed by atoms with E-state index >= 15 is 0 Å². The van der Waals surface area contributed by atoms with Crippen molar-refractivity contribution in [1.82, 2.24) is 9.36 Å². The molecule has 1 aromatic carbocycles. The highest BCUT2D eigenvalue weighted by molar-refractivity contribution is 7.09. The minimum atomic E-state index is -0.899. The van der Waals surface area contributed by atoms with Gasteiger partial charge in [0, 0.05) is 18.1 Å². The molecular weight excluding hydrogens is 238 g/mol. The van der Waals surface area contributed by atoms with Crippen LogP contribution in [0.25, 0.3) is 0 Å². The molecule has 0 aliphatic rings. The third-order valence-corrected chi connectivity index (χ3v) is 2.85. The zero-order chi connectivity index (χ0) is 12.1. The molecule has 1 heterocycles. The normalized spacial score (nSPS) is 10.1. The highest BCUT2D eigenvalue weighted by Gasteiger charge is 2.03. The molecule has 5 nitrogen and oxygen atoms in total. The molecule has 0 bridgehead atoms. The molecule has 88 valence electrons. The fraction of sp³-hybridized carbons (Fsp3) is 0.182. The summed E-state index contributed by atoms with van der Waals surface area (Å²) in [4.78, 5) is 14.8. The molecule has 0 saturated heterocycles. The Hall–Kier alpha value is -1.95. The molecule has 6 heteroatoms. The average Bonchev–Trinajstić information content (AvgIpc) is 2.82. The smallest absolute Gasteiger partial charge is 0.335 e. The van der Waals surface area contributed by atoms with E-state index in [-0.39, 0.29) is 0 Å². The maximum absolute atomic E-state index is 10.8. The van der Waals surface area contributed by atoms with Gasteiger partial charge < -0.3 is 10.4 Å². The second-order valence-electron chi connectivity index (χ2n) is 3.43. The SMILES string of the molecule is O=C(O)c1cccc(CCNc2ncns2)c1. The molecule has 0 saturated carbocycles. The van der Waals surface area contributed by atoms with Crippen molar-refractivity contribution in [3.05, 3.63) is 41.7 Å². The summed E-state index contributed by atoms with van der Waals surface area (Å²) in [6.07, 6.45) is 2.25. The molecule has 0 aliphatic heterocycles. The standard InChI is InChI=1S/C11H11N3O2S/c15-10(16)9-3-1-2-8(6-9)4-5-12-11-13-7-14-17-11/h1-3,6-7H,4-5H2,(H,15,16)(H,12,13,14). The first-order valence-electron chi connectivity index (χ1n) is 5.08. The van der Waals surface area contributed by atoms with Crippen LogP contribution in [0.1, 0.15) is 15.9 Å². The number of benzene rings is 1. The molecule has 2 aromatic rings. The van der Waals surface area contributed by atoms with E-state index in [9.17, 15) is 4.79 Å². The minimum Gasteiger partial charge on any atom is -0.478 e. The number of hydrogen-bond donors (Lipinski definition) is 2. The molecule has 0 atom stereocenters. The van der Waals surface area contributed by atoms with Gasteiger partial charge in [0.2, 0.25) is 5.13 Å². The number of rotatable bonds is 5. The number of hydrogen-bond acceptors (Lipinski definition) is 5. The second-order valence-corrected chi connectivity index (χ2v) is 4.21. The quantitative estimate of drug-likeness (QED) is 0.846. The van der Waals surface area contributed by atoms with Crippen LogP contribution in [0.4, 0.5) is 5.13 Å². The van der Waals surface area contributed by atoms with Crippen molar-refractivity contribution in [3.8, 4) is 0 Å². The summed E-state index contributed by atoms with van der Waals surface area (Å²) in [5.74, 6) is -0.899. The molecular formula is C11H11N3O2S. The lowest BCUT2D eigenvalue weighted by molar-refractivity contribution is 0.0697. The Balaban J connectivity index is 1.90. The van der Waals surface area contributed by atoms with E-state index in [2.05, 4.69) is 14.7 Å². The van der Waals surface area contributed by atoms with Crippen LogP contribution < -0.4 is 5.32 Å². The Morgan fingerprint density at radius 1 is 1.47 bits per heavy atom. The second kappa shape index (κ2) is 5.40. The zero-order valence-electron chi connectivity index (χ0n) is 8.96. The Morgan fingerprint density at radius 3 is 3.06 bits per heavy atom. The van der Waals surface area contributed by atoms with Gasteiger partial charge in [-0.2, -0.15) is 4.37 Å². The van der Waals surface area contributed by atoms with Gasteiger partial charge in [-0.15, -0.1) is 0 Å². The largest absolute Gasteiger partial charge is 0.478 e. The van der Waals surface area contributed by atoms with Crippen LogP contribution in [-0.2, 0) is 6.42 Å². The van der Waals surface area contributed by atoms with E-state index in [4.69, 9.17) is 5.11 Å². The maximum Gasteiger partial charge on any atom is 0.335 e. The first-order chi connectivity index (χ1) is 8.25. The van der Waals surface area contributed by atoms with Gasteiger partial charge in [0.05, 0.1) is 5.56 Å². The fourth-order valence-corrected chi connectivity index (χ4v) is 1.88. The van der Waals surface area contributed by atoms with E-state index in [1.54, 1.807) is 18.2 Å². The highest BCUT2D eigenvalue weighted by Crippen LogP contribution is 2.09. The van der Waals surface area contributed by atoms with E-state index < -0.39 is 5.97 Å². The maximum atomic E-state index is 10.8. The Morgan fingerprint density at radius 2 is 2.35 bits per heavy atom. The van der Waals surface area contributed by atoms with Crippen LogP contribution in [0.15, 0.2) is 30.6 Å². The van der Waals surface area contributed by atoms with Crippen molar-refractivity contribution in [1.29, 1.82) is 0 Å². The van der Waals surface area contributed by atoms with Gasteiger partial charge in [-0.05, 0) is 24.1 Å². The van der Waals surface area contributed by atoms with Gasteiger partial charge in [0.15, 0.2) is 0 Å². The molecule has 0 fully saturated rings. The number of nitrogens with one attached hydrogen (secondary N) is 1. The van der Waals surface area contributed by atoms with Gasteiger partial charge >= 0.3 is 5.97 Å². The van der Waals surface area contributed by atoms with Crippen LogP contribution in [-0.4, -0.2) is 27.0 Å². The summed E-state index contributed by atoms with van der Waals surface area (Å²) in [5, 5.41) is 12.7. The van der Waals surface area contributed by atoms with Gasteiger partial charge in [-0.25, -0.2) is 9.78 Å². The van der Waals surface area contributed by atoms with Crippen LogP contribution in [0.2, 0.25) is 0 Å². The monoisotopic (exact) mass is 249 g/mol. The lowest BCUT2D eigenvalue weighted by Crippen LogP contribution is -2.05. The number of anilines is 1. The Bertz CT molecular complexity index is 499. The van der Waals surface area contributed by atoms with E-state index in [0.717, 1.165) is 17.1 Å². The Kier molecular flexibility index (Phi) is 3.66. The van der Waals surface area contributed by atoms with Crippen molar-refractivity contribution >= 4 is 22.6 Å². The summed E-state index contributed by atoms with van der Waals surface area (Å²) >= 11 is 1.30. The number of carboxylic acid groups (broad SMARTS) is 1. The first-order valence-corrected chi connectivity index (χ1v) is 5.86. The molecule has 2 N–H and O–H groups in total. The first kappa shape index (κ1) is 11.5. The van der Waals surface area contributed by atoms with Gasteiger partial charge in [-0.3, -0.25) is 0 Å². The molecule has 0 aliphatic carbocycles. The van der Waals surface area contributed by atoms with Crippen molar-refractivity contribution in [2.24, 2.45) is 0 Å². The van der Waals surface area contributed by atoms with Crippen molar-refractivity contribution in [2.75, 3.05) is 11.9 Å². The number of aromatic carboxylic acids is 1. The zero-order valence-corrected chi connectivity index (χ0v) is 9.78. The Labute approximate surface area is 102 Å². The van der Waals surface area contributed by atoms with E-state index in [1.165, 1.54) is 17.9 Å². The summed E-state index contributed by atoms with van der Waals surface area (Å²) in [6.45, 7) is 0.707. The highest BCUT2D eigenvalue weighted by atomic mass is 32.1. The van der Waals surface area contributed by atoms with Crippen molar-refractivity contribution < 1.29 is 9.90 Å². The van der Waals surface area contributed by atoms with Gasteiger partial charge in [-0.1, -0.05) is 12.1 Å². The number of aromatic nitrogens is 2. The predicted octanol–water partition coefficient (Wildman–Crippen LogP) is 1.89. The fourth-order valence-electron chi connectivity index (χ4n) is 1.42. The molecule has 0 unspecified atom stereocenters. The van der Waals surface area contributed by atoms with Crippen LogP contribution in [0, 0.1) is 0 Å². The van der Waals surface area contributed by atoms with Crippen molar-refractivity contribution in [2.45, 2.75) is 6.42 Å². The van der Waals surface area contributed by atoms with Gasteiger partial charge in [0.1, 0.15) is 6.33 Å². The summed E-state index contributed by atoms with van der Waals surface area (Å²) in [6, 6.07) is 6.94. The summed E-state index contributed by atoms with van der Waals surface area (Å²) < 4.78 is 3.88. The number of carbonyl (C=O) groups is 1. The van der Waals surface area contributed by atoms with E-state index in [1.807, 2.05) is 6.07 Å².